The molecule has 2 rings (SSSR count). The van der Waals surface area contributed by atoms with E-state index in [2.05, 4.69) is 25.2 Å². The van der Waals surface area contributed by atoms with Gasteiger partial charge in [-0.05, 0) is 67.6 Å². The van der Waals surface area contributed by atoms with Gasteiger partial charge in [0.25, 0.3) is 0 Å². The molecular weight excluding hydrogens is 536 g/mol. The minimum absolute atomic E-state index is 0.0118. The van der Waals surface area contributed by atoms with Gasteiger partial charge in [-0.15, -0.1) is 0 Å². The Bertz CT molecular complexity index is 897. The highest BCUT2D eigenvalue weighted by molar-refractivity contribution is 5.79. The summed E-state index contributed by atoms with van der Waals surface area (Å²) in [5.74, 6) is 2.00. The highest BCUT2D eigenvalue weighted by Crippen LogP contribution is 2.32. The van der Waals surface area contributed by atoms with Gasteiger partial charge >= 0.3 is 0 Å². The summed E-state index contributed by atoms with van der Waals surface area (Å²) in [5, 5.41) is 14.5. The van der Waals surface area contributed by atoms with E-state index in [0.29, 0.717) is 57.5 Å². The largest absolute Gasteiger partial charge is 0.493 e. The van der Waals surface area contributed by atoms with Crippen molar-refractivity contribution in [2.45, 2.75) is 84.4 Å². The molecule has 6 atom stereocenters. The van der Waals surface area contributed by atoms with Crippen molar-refractivity contribution in [3.05, 3.63) is 23.8 Å². The number of nitrogens with one attached hydrogen (secondary N) is 1. The van der Waals surface area contributed by atoms with E-state index in [4.69, 9.17) is 29.4 Å². The molecule has 1 amide bonds. The Hall–Kier alpha value is -1.91. The monoisotopic (exact) mass is 594 g/mol. The molecule has 1 saturated heterocycles. The van der Waals surface area contributed by atoms with E-state index < -0.39 is 12.1 Å². The summed E-state index contributed by atoms with van der Waals surface area (Å²) in [4.78, 5) is 13.4. The Morgan fingerprint density at radius 2 is 1.79 bits per heavy atom. The Labute approximate surface area is 254 Å². The van der Waals surface area contributed by atoms with Crippen molar-refractivity contribution in [2.24, 2.45) is 35.3 Å². The molecule has 0 saturated carbocycles. The molecule has 9 nitrogen and oxygen atoms in total. The standard InChI is InChI=1S/C33H58N2O7/c1-22(2)26(17-24-9-10-31(40-7)32(18-24)42-14-8-13-38-5)19-28(34)30(36)20-27(23(3)4)33(37)35-29-12-16-41-21-25(29)11-15-39-6/h9-10,18,22-23,25-30,36H,8,11-17,19-21,34H2,1-7H3,(H,35,37)/t25?,26-,27-,28-,29?,30-/m0/s1. The number of nitrogens with two attached hydrogens (primary N) is 1. The molecule has 1 heterocycles. The third-order valence-corrected chi connectivity index (χ3v) is 8.62. The zero-order chi connectivity index (χ0) is 31.1. The van der Waals surface area contributed by atoms with Crippen LogP contribution in [-0.2, 0) is 25.4 Å². The molecule has 0 aliphatic carbocycles. The Morgan fingerprint density at radius 1 is 1.05 bits per heavy atom. The van der Waals surface area contributed by atoms with Crippen molar-refractivity contribution < 1.29 is 33.6 Å². The number of benzene rings is 1. The fraction of sp³-hybridized carbons (Fsp3) is 0.788. The summed E-state index contributed by atoms with van der Waals surface area (Å²) >= 11 is 0. The van der Waals surface area contributed by atoms with Crippen LogP contribution in [0.15, 0.2) is 18.2 Å². The molecule has 1 aliphatic heterocycles. The van der Waals surface area contributed by atoms with E-state index in [9.17, 15) is 9.90 Å². The second-order valence-electron chi connectivity index (χ2n) is 12.5. The maximum Gasteiger partial charge on any atom is 0.223 e. The van der Waals surface area contributed by atoms with Crippen LogP contribution in [0.5, 0.6) is 11.5 Å². The first-order valence-electron chi connectivity index (χ1n) is 15.7. The molecule has 4 N–H and O–H groups in total. The number of carbonyl (C=O) groups is 1. The summed E-state index contributed by atoms with van der Waals surface area (Å²) in [7, 11) is 5.01. The van der Waals surface area contributed by atoms with Gasteiger partial charge in [-0.1, -0.05) is 33.8 Å². The lowest BCUT2D eigenvalue weighted by Crippen LogP contribution is -2.49. The van der Waals surface area contributed by atoms with E-state index >= 15 is 0 Å². The van der Waals surface area contributed by atoms with Crippen LogP contribution in [-0.4, -0.2) is 83.6 Å². The number of methoxy groups -OCH3 is 3. The van der Waals surface area contributed by atoms with Gasteiger partial charge in [0.05, 0.1) is 26.4 Å². The molecule has 0 spiro atoms. The van der Waals surface area contributed by atoms with Crippen LogP contribution in [0.25, 0.3) is 0 Å². The van der Waals surface area contributed by atoms with Crippen molar-refractivity contribution in [1.29, 1.82) is 0 Å². The lowest BCUT2D eigenvalue weighted by atomic mass is 9.80. The highest BCUT2D eigenvalue weighted by atomic mass is 16.5. The molecule has 2 unspecified atom stereocenters. The number of carbonyl (C=O) groups excluding carboxylic acids is 1. The summed E-state index contributed by atoms with van der Waals surface area (Å²) in [6.45, 7) is 11.5. The van der Waals surface area contributed by atoms with E-state index in [1.54, 1.807) is 21.3 Å². The van der Waals surface area contributed by atoms with Crippen LogP contribution in [0.4, 0.5) is 0 Å². The van der Waals surface area contributed by atoms with Gasteiger partial charge in [0.15, 0.2) is 11.5 Å². The molecule has 9 heteroatoms. The van der Waals surface area contributed by atoms with Crippen molar-refractivity contribution >= 4 is 5.91 Å². The number of hydrogen-bond acceptors (Lipinski definition) is 8. The van der Waals surface area contributed by atoms with E-state index in [-0.39, 0.29) is 35.6 Å². The molecule has 42 heavy (non-hydrogen) atoms. The first-order valence-corrected chi connectivity index (χ1v) is 15.7. The third-order valence-electron chi connectivity index (χ3n) is 8.62. The number of aliphatic hydroxyl groups is 1. The number of hydrogen-bond donors (Lipinski definition) is 3. The van der Waals surface area contributed by atoms with Gasteiger partial charge in [-0.2, -0.15) is 0 Å². The van der Waals surface area contributed by atoms with Crippen LogP contribution in [0.2, 0.25) is 0 Å². The first-order chi connectivity index (χ1) is 20.1. The second kappa shape index (κ2) is 19.4. The van der Waals surface area contributed by atoms with Crippen molar-refractivity contribution in [2.75, 3.05) is 54.4 Å². The Kier molecular flexibility index (Phi) is 16.7. The molecule has 242 valence electrons. The fourth-order valence-corrected chi connectivity index (χ4v) is 5.69. The van der Waals surface area contributed by atoms with E-state index in [1.807, 2.05) is 26.0 Å². The van der Waals surface area contributed by atoms with Crippen molar-refractivity contribution in [1.82, 2.24) is 5.32 Å². The fourth-order valence-electron chi connectivity index (χ4n) is 5.69. The average molecular weight is 595 g/mol. The van der Waals surface area contributed by atoms with Crippen molar-refractivity contribution in [3.63, 3.8) is 0 Å². The van der Waals surface area contributed by atoms with Crippen molar-refractivity contribution in [3.8, 4) is 11.5 Å². The van der Waals surface area contributed by atoms with Crippen LogP contribution in [0, 0.1) is 29.6 Å². The zero-order valence-electron chi connectivity index (χ0n) is 27.1. The molecule has 1 aromatic carbocycles. The second-order valence-corrected chi connectivity index (χ2v) is 12.5. The maximum atomic E-state index is 13.4. The van der Waals surface area contributed by atoms with Crippen LogP contribution >= 0.6 is 0 Å². The SMILES string of the molecule is COCCCOc1cc(C[C@@H](C[C@H](N)[C@@H](O)C[C@H](C(=O)NC2CCOCC2CCOC)C(C)C)C(C)C)ccc1OC. The average Bonchev–Trinajstić information content (AvgIpc) is 2.96. The summed E-state index contributed by atoms with van der Waals surface area (Å²) in [5.41, 5.74) is 7.76. The van der Waals surface area contributed by atoms with Gasteiger partial charge in [-0.25, -0.2) is 0 Å². The van der Waals surface area contributed by atoms with Gasteiger partial charge in [0, 0.05) is 64.4 Å². The summed E-state index contributed by atoms with van der Waals surface area (Å²) in [6, 6.07) is 5.66. The first kappa shape index (κ1) is 36.3. The smallest absolute Gasteiger partial charge is 0.223 e. The number of amides is 1. The Morgan fingerprint density at radius 3 is 2.43 bits per heavy atom. The lowest BCUT2D eigenvalue weighted by molar-refractivity contribution is -0.130. The summed E-state index contributed by atoms with van der Waals surface area (Å²) < 4.78 is 27.5. The molecular formula is C33H58N2O7. The minimum atomic E-state index is -0.779. The number of ether oxygens (including phenoxy) is 5. The predicted molar refractivity (Wildman–Crippen MR) is 166 cm³/mol. The summed E-state index contributed by atoms with van der Waals surface area (Å²) in [6.07, 6.45) is 3.44. The number of aliphatic hydroxyl groups excluding tert-OH is 1. The zero-order valence-corrected chi connectivity index (χ0v) is 27.1. The molecule has 1 fully saturated rings. The normalized spacial score (nSPS) is 20.3. The van der Waals surface area contributed by atoms with E-state index in [1.165, 1.54) is 0 Å². The third kappa shape index (κ3) is 12.0. The molecule has 1 aromatic rings. The molecule has 0 aromatic heterocycles. The van der Waals surface area contributed by atoms with Crippen LogP contribution in [0.1, 0.15) is 65.4 Å². The maximum absolute atomic E-state index is 13.4. The molecule has 0 bridgehead atoms. The van der Waals surface area contributed by atoms with Gasteiger partial charge < -0.3 is 39.8 Å². The minimum Gasteiger partial charge on any atom is -0.493 e. The van der Waals surface area contributed by atoms with E-state index in [0.717, 1.165) is 37.0 Å². The molecule has 1 aliphatic rings. The Balaban J connectivity index is 2.02. The van der Waals surface area contributed by atoms with Gasteiger partial charge in [0.1, 0.15) is 0 Å². The topological polar surface area (TPSA) is 122 Å². The van der Waals surface area contributed by atoms with Gasteiger partial charge in [-0.3, -0.25) is 4.79 Å². The number of rotatable bonds is 20. The lowest BCUT2D eigenvalue weighted by Gasteiger charge is -2.34. The highest BCUT2D eigenvalue weighted by Gasteiger charge is 2.33. The quantitative estimate of drug-likeness (QED) is 0.192. The molecule has 0 radical (unpaired) electrons. The van der Waals surface area contributed by atoms with Gasteiger partial charge in [0.2, 0.25) is 5.91 Å². The predicted octanol–water partition coefficient (Wildman–Crippen LogP) is 4.22. The van der Waals surface area contributed by atoms with Crippen LogP contribution < -0.4 is 20.5 Å². The van der Waals surface area contributed by atoms with Crippen LogP contribution in [0.3, 0.4) is 0 Å².